The van der Waals surface area contributed by atoms with E-state index in [0.29, 0.717) is 79.3 Å². The van der Waals surface area contributed by atoms with Gasteiger partial charge >= 0.3 is 0 Å². The quantitative estimate of drug-likeness (QED) is 0.0436. The molecule has 0 aliphatic rings. The molecule has 0 heterocycles. The average molecular weight is 711 g/mol. The first kappa shape index (κ1) is 48.0. The van der Waals surface area contributed by atoms with Crippen LogP contribution < -0.4 is 0 Å². The van der Waals surface area contributed by atoms with Gasteiger partial charge < -0.3 is 43.4 Å². The van der Waals surface area contributed by atoms with Crippen molar-refractivity contribution in [3.8, 4) is 0 Å². The number of thiol groups is 1. The summed E-state index contributed by atoms with van der Waals surface area (Å²) in [4.78, 5) is 0. The number of unbranched alkanes of at least 4 members (excludes halogenated alkanes) is 18. The van der Waals surface area contributed by atoms with Gasteiger partial charge in [-0.25, -0.2) is 0 Å². The highest BCUT2D eigenvalue weighted by Crippen LogP contribution is 2.13. The topological polar surface area (TPSA) is 105 Å². The number of aliphatic hydroxyl groups excluding tert-OH is 2. The fourth-order valence-electron chi connectivity index (χ4n) is 5.24. The molecule has 1 unspecified atom stereocenters. The summed E-state index contributed by atoms with van der Waals surface area (Å²) in [5.74, 6) is 1.03. The molecule has 9 nitrogen and oxygen atoms in total. The fourth-order valence-corrected chi connectivity index (χ4v) is 5.46. The van der Waals surface area contributed by atoms with Gasteiger partial charge in [0.15, 0.2) is 0 Å². The highest BCUT2D eigenvalue weighted by molar-refractivity contribution is 7.80. The van der Waals surface area contributed by atoms with Crippen molar-refractivity contribution >= 4 is 12.6 Å². The first-order valence-corrected chi connectivity index (χ1v) is 20.4. The van der Waals surface area contributed by atoms with E-state index in [2.05, 4.69) is 12.6 Å². The molecule has 0 aromatic carbocycles. The van der Waals surface area contributed by atoms with Gasteiger partial charge in [-0.15, -0.1) is 0 Å². The van der Waals surface area contributed by atoms with Crippen LogP contribution in [0.5, 0.6) is 0 Å². The molecule has 0 radical (unpaired) electrons. The lowest BCUT2D eigenvalue weighted by Gasteiger charge is -2.08. The van der Waals surface area contributed by atoms with Crippen LogP contribution >= 0.6 is 12.6 Å². The van der Waals surface area contributed by atoms with Crippen LogP contribution in [0.1, 0.15) is 135 Å². The Morgan fingerprint density at radius 1 is 0.312 bits per heavy atom. The van der Waals surface area contributed by atoms with Crippen molar-refractivity contribution in [2.24, 2.45) is 0 Å². The molecule has 0 saturated carbocycles. The van der Waals surface area contributed by atoms with Crippen molar-refractivity contribution in [3.63, 3.8) is 0 Å². The molecule has 1 atom stereocenters. The van der Waals surface area contributed by atoms with E-state index in [1.807, 2.05) is 0 Å². The van der Waals surface area contributed by atoms with E-state index in [0.717, 1.165) is 51.1 Å². The maximum absolute atomic E-state index is 9.31. The predicted octanol–water partition coefficient (Wildman–Crippen LogP) is 7.58. The number of rotatable bonds is 44. The molecule has 0 fully saturated rings. The van der Waals surface area contributed by atoms with Crippen LogP contribution in [0.3, 0.4) is 0 Å². The Balaban J connectivity index is 3.05. The summed E-state index contributed by atoms with van der Waals surface area (Å²) in [6.45, 7) is 8.50. The molecular formula is C38H78O9S. The summed E-state index contributed by atoms with van der Waals surface area (Å²) in [5, 5.41) is 18.1. The number of ether oxygens (including phenoxy) is 7. The summed E-state index contributed by atoms with van der Waals surface area (Å²) in [6.07, 6.45) is 25.6. The summed E-state index contributed by atoms with van der Waals surface area (Å²) < 4.78 is 39.0. The third-order valence-electron chi connectivity index (χ3n) is 8.22. The summed E-state index contributed by atoms with van der Waals surface area (Å²) >= 11 is 4.26. The van der Waals surface area contributed by atoms with Crippen LogP contribution in [0.25, 0.3) is 0 Å². The molecule has 10 heteroatoms. The van der Waals surface area contributed by atoms with Crippen LogP contribution in [0.2, 0.25) is 0 Å². The number of hydrogen-bond acceptors (Lipinski definition) is 10. The Labute approximate surface area is 301 Å². The second-order valence-electron chi connectivity index (χ2n) is 12.7. The molecule has 0 aromatic rings. The highest BCUT2D eigenvalue weighted by Gasteiger charge is 2.01. The van der Waals surface area contributed by atoms with Crippen LogP contribution in [0, 0.1) is 0 Å². The summed E-state index contributed by atoms with van der Waals surface area (Å²) in [5.41, 5.74) is 0. The fraction of sp³-hybridized carbons (Fsp3) is 1.00. The monoisotopic (exact) mass is 711 g/mol. The maximum Gasteiger partial charge on any atom is 0.0770 e. The number of hydrogen-bond donors (Lipinski definition) is 3. The molecule has 2 N–H and O–H groups in total. The Morgan fingerprint density at radius 3 is 0.812 bits per heavy atom. The van der Waals surface area contributed by atoms with Crippen molar-refractivity contribution in [1.29, 1.82) is 0 Å². The minimum Gasteiger partial charge on any atom is -0.394 e. The molecule has 0 rings (SSSR count). The minimum absolute atomic E-state index is 0.117. The molecule has 0 saturated heterocycles. The lowest BCUT2D eigenvalue weighted by molar-refractivity contribution is -0.0206. The zero-order valence-electron chi connectivity index (χ0n) is 30.9. The van der Waals surface area contributed by atoms with E-state index in [4.69, 9.17) is 38.3 Å². The van der Waals surface area contributed by atoms with Crippen molar-refractivity contribution in [1.82, 2.24) is 0 Å². The van der Waals surface area contributed by atoms with E-state index in [1.165, 1.54) is 103 Å². The van der Waals surface area contributed by atoms with E-state index >= 15 is 0 Å². The number of aliphatic hydroxyl groups is 2. The van der Waals surface area contributed by atoms with Crippen LogP contribution in [-0.2, 0) is 33.2 Å². The van der Waals surface area contributed by atoms with Crippen molar-refractivity contribution < 1.29 is 43.4 Å². The molecule has 0 amide bonds. The van der Waals surface area contributed by atoms with Gasteiger partial charge in [0.05, 0.1) is 92.0 Å². The molecular weight excluding hydrogens is 632 g/mol. The zero-order valence-corrected chi connectivity index (χ0v) is 31.8. The third kappa shape index (κ3) is 44.0. The minimum atomic E-state index is -0.535. The second-order valence-corrected chi connectivity index (χ2v) is 13.2. The predicted molar refractivity (Wildman–Crippen MR) is 200 cm³/mol. The van der Waals surface area contributed by atoms with Crippen LogP contribution in [0.15, 0.2) is 0 Å². The van der Waals surface area contributed by atoms with Gasteiger partial charge in [0.2, 0.25) is 0 Å². The van der Waals surface area contributed by atoms with Crippen LogP contribution in [0.4, 0.5) is 0 Å². The molecule has 290 valence electrons. The largest absolute Gasteiger partial charge is 0.394 e. The lowest BCUT2D eigenvalue weighted by atomic mass is 10.1. The summed E-state index contributed by atoms with van der Waals surface area (Å²) in [6, 6.07) is 0. The molecule has 0 aliphatic heterocycles. The summed E-state index contributed by atoms with van der Waals surface area (Å²) in [7, 11) is 0. The first-order valence-electron chi connectivity index (χ1n) is 19.7. The van der Waals surface area contributed by atoms with Gasteiger partial charge in [-0.05, 0) is 31.4 Å². The maximum atomic E-state index is 9.31. The lowest BCUT2D eigenvalue weighted by Crippen LogP contribution is -2.14. The van der Waals surface area contributed by atoms with Crippen molar-refractivity contribution in [3.05, 3.63) is 0 Å². The molecule has 0 spiro atoms. The Kier molecular flexibility index (Phi) is 45.0. The standard InChI is InChI=1S/C38H78O9S/c39-37-38(40)21-17-13-9-5-4-7-11-15-19-23-42-25-27-44-29-31-46-33-35-47-34-32-45-30-28-43-26-24-41-22-18-14-10-6-2-1-3-8-12-16-20-36-48/h38-40,48H,1-37H2. The van der Waals surface area contributed by atoms with Crippen molar-refractivity contribution in [2.45, 2.75) is 141 Å². The first-order chi connectivity index (χ1) is 23.8. The van der Waals surface area contributed by atoms with E-state index < -0.39 is 6.10 Å². The van der Waals surface area contributed by atoms with Gasteiger partial charge in [-0.1, -0.05) is 109 Å². The SMILES string of the molecule is OCC(O)CCCCCCCCCCCOCCOCCOCCOCCOCCOCCOCCCCCCCCCCCCCS. The smallest absolute Gasteiger partial charge is 0.0770 e. The average Bonchev–Trinajstić information content (AvgIpc) is 3.10. The Morgan fingerprint density at radius 2 is 0.542 bits per heavy atom. The van der Waals surface area contributed by atoms with Gasteiger partial charge in [0, 0.05) is 13.2 Å². The molecule has 0 bridgehead atoms. The molecule has 0 aromatic heterocycles. The van der Waals surface area contributed by atoms with Gasteiger partial charge in [0.1, 0.15) is 0 Å². The Bertz CT molecular complexity index is 562. The third-order valence-corrected chi connectivity index (χ3v) is 8.53. The molecule has 0 aliphatic carbocycles. The molecule has 48 heavy (non-hydrogen) atoms. The van der Waals surface area contributed by atoms with Gasteiger partial charge in [0.25, 0.3) is 0 Å². The Hall–Kier alpha value is -0.0100. The zero-order chi connectivity index (χ0) is 34.7. The van der Waals surface area contributed by atoms with Gasteiger partial charge in [-0.3, -0.25) is 0 Å². The van der Waals surface area contributed by atoms with Crippen LogP contribution in [-0.4, -0.2) is 121 Å². The van der Waals surface area contributed by atoms with E-state index in [1.54, 1.807) is 0 Å². The van der Waals surface area contributed by atoms with Crippen molar-refractivity contribution in [2.75, 3.05) is 105 Å². The van der Waals surface area contributed by atoms with Gasteiger partial charge in [-0.2, -0.15) is 12.6 Å². The van der Waals surface area contributed by atoms with E-state index in [9.17, 15) is 5.11 Å². The highest BCUT2D eigenvalue weighted by atomic mass is 32.1. The normalized spacial score (nSPS) is 12.3. The van der Waals surface area contributed by atoms with E-state index in [-0.39, 0.29) is 6.61 Å². The second kappa shape index (κ2) is 45.0.